The number of nitriles is 1. The topological polar surface area (TPSA) is 42.2 Å². The standard InChI is InChI=1S/C27H24BNO2/c1-26(2)27(3,4)31-28(30-26)25-22-15-9-7-13-20(22)24(21-14-8-10-16-23(21)25)19-12-6-5-11-18(19)17-29/h5-16H,1-4H3. The van der Waals surface area contributed by atoms with E-state index in [0.29, 0.717) is 5.56 Å². The molecule has 4 aromatic rings. The largest absolute Gasteiger partial charge is 0.496 e. The van der Waals surface area contributed by atoms with Crippen molar-refractivity contribution in [1.29, 1.82) is 5.26 Å². The molecule has 0 atom stereocenters. The lowest BCUT2D eigenvalue weighted by Crippen LogP contribution is -2.41. The summed E-state index contributed by atoms with van der Waals surface area (Å²) >= 11 is 0. The van der Waals surface area contributed by atoms with Gasteiger partial charge in [0.15, 0.2) is 0 Å². The summed E-state index contributed by atoms with van der Waals surface area (Å²) < 4.78 is 13.0. The Morgan fingerprint density at radius 1 is 0.677 bits per heavy atom. The maximum Gasteiger partial charge on any atom is 0.496 e. The van der Waals surface area contributed by atoms with Gasteiger partial charge in [-0.25, -0.2) is 0 Å². The van der Waals surface area contributed by atoms with Gasteiger partial charge in [0, 0.05) is 5.56 Å². The maximum atomic E-state index is 9.78. The lowest BCUT2D eigenvalue weighted by atomic mass is 9.71. The molecular formula is C27H24BNO2. The zero-order valence-corrected chi connectivity index (χ0v) is 18.3. The van der Waals surface area contributed by atoms with E-state index in [1.807, 2.05) is 48.5 Å². The second-order valence-electron chi connectivity index (χ2n) is 9.13. The summed E-state index contributed by atoms with van der Waals surface area (Å²) in [5.41, 5.74) is 2.88. The Balaban J connectivity index is 1.90. The Bertz CT molecular complexity index is 1290. The highest BCUT2D eigenvalue weighted by Gasteiger charge is 2.52. The highest BCUT2D eigenvalue weighted by molar-refractivity contribution is 6.68. The van der Waals surface area contributed by atoms with Gasteiger partial charge in [-0.05, 0) is 66.3 Å². The quantitative estimate of drug-likeness (QED) is 0.311. The number of benzene rings is 4. The van der Waals surface area contributed by atoms with E-state index in [1.165, 1.54) is 0 Å². The summed E-state index contributed by atoms with van der Waals surface area (Å²) in [5.74, 6) is 0. The second kappa shape index (κ2) is 6.95. The van der Waals surface area contributed by atoms with Crippen molar-refractivity contribution in [3.63, 3.8) is 0 Å². The van der Waals surface area contributed by atoms with Gasteiger partial charge >= 0.3 is 7.12 Å². The van der Waals surface area contributed by atoms with E-state index in [4.69, 9.17) is 9.31 Å². The van der Waals surface area contributed by atoms with Crippen molar-refractivity contribution >= 4 is 34.1 Å². The van der Waals surface area contributed by atoms with Crippen molar-refractivity contribution in [3.05, 3.63) is 78.4 Å². The molecule has 0 aromatic heterocycles. The highest BCUT2D eigenvalue weighted by atomic mass is 16.7. The minimum absolute atomic E-state index is 0.425. The van der Waals surface area contributed by atoms with Crippen molar-refractivity contribution in [2.45, 2.75) is 38.9 Å². The van der Waals surface area contributed by atoms with Crippen LogP contribution >= 0.6 is 0 Å². The van der Waals surface area contributed by atoms with Gasteiger partial charge in [0.1, 0.15) is 0 Å². The SMILES string of the molecule is CC1(C)OB(c2c3ccccc3c(-c3ccccc3C#N)c3ccccc23)OC1(C)C. The molecular weight excluding hydrogens is 381 g/mol. The fourth-order valence-electron chi connectivity index (χ4n) is 4.47. The Kier molecular flexibility index (Phi) is 4.44. The molecule has 0 bridgehead atoms. The first kappa shape index (κ1) is 19.8. The molecule has 0 N–H and O–H groups in total. The normalized spacial score (nSPS) is 17.2. The predicted octanol–water partition coefficient (Wildman–Crippen LogP) is 5.83. The van der Waals surface area contributed by atoms with Crippen LogP contribution in [0.25, 0.3) is 32.7 Å². The zero-order chi connectivity index (χ0) is 21.8. The van der Waals surface area contributed by atoms with Crippen LogP contribution in [0.1, 0.15) is 33.3 Å². The molecule has 0 spiro atoms. The van der Waals surface area contributed by atoms with Crippen molar-refractivity contribution in [2.24, 2.45) is 0 Å². The van der Waals surface area contributed by atoms with Gasteiger partial charge in [-0.15, -0.1) is 0 Å². The fraction of sp³-hybridized carbons (Fsp3) is 0.222. The summed E-state index contributed by atoms with van der Waals surface area (Å²) in [7, 11) is -0.472. The molecule has 152 valence electrons. The van der Waals surface area contributed by atoms with Crippen molar-refractivity contribution in [2.75, 3.05) is 0 Å². The number of fused-ring (bicyclic) bond motifs is 2. The van der Waals surface area contributed by atoms with Crippen LogP contribution in [0, 0.1) is 11.3 Å². The van der Waals surface area contributed by atoms with E-state index in [0.717, 1.165) is 38.1 Å². The van der Waals surface area contributed by atoms with Crippen LogP contribution in [-0.2, 0) is 9.31 Å². The molecule has 4 heteroatoms. The summed E-state index contributed by atoms with van der Waals surface area (Å²) in [5, 5.41) is 14.1. The fourth-order valence-corrected chi connectivity index (χ4v) is 4.47. The zero-order valence-electron chi connectivity index (χ0n) is 18.3. The molecule has 1 heterocycles. The van der Waals surface area contributed by atoms with Crippen LogP contribution < -0.4 is 5.46 Å². The Morgan fingerprint density at radius 2 is 1.13 bits per heavy atom. The molecule has 1 aliphatic rings. The van der Waals surface area contributed by atoms with Crippen LogP contribution in [0.2, 0.25) is 0 Å². The highest BCUT2D eigenvalue weighted by Crippen LogP contribution is 2.41. The summed E-state index contributed by atoms with van der Waals surface area (Å²) in [6.07, 6.45) is 0. The predicted molar refractivity (Wildman–Crippen MR) is 127 cm³/mol. The third kappa shape index (κ3) is 2.97. The van der Waals surface area contributed by atoms with Gasteiger partial charge < -0.3 is 9.31 Å². The number of hydrogen-bond acceptors (Lipinski definition) is 3. The molecule has 4 aromatic carbocycles. The van der Waals surface area contributed by atoms with E-state index in [9.17, 15) is 5.26 Å². The van der Waals surface area contributed by atoms with E-state index >= 15 is 0 Å². The summed E-state index contributed by atoms with van der Waals surface area (Å²) in [6.45, 7) is 8.31. The molecule has 1 saturated heterocycles. The van der Waals surface area contributed by atoms with Crippen molar-refractivity contribution in [1.82, 2.24) is 0 Å². The molecule has 1 fully saturated rings. The molecule has 31 heavy (non-hydrogen) atoms. The Labute approximate surface area is 183 Å². The number of hydrogen-bond donors (Lipinski definition) is 0. The molecule has 5 rings (SSSR count). The molecule has 0 unspecified atom stereocenters. The third-order valence-electron chi connectivity index (χ3n) is 6.78. The lowest BCUT2D eigenvalue weighted by molar-refractivity contribution is 0.00578. The molecule has 0 amide bonds. The monoisotopic (exact) mass is 405 g/mol. The molecule has 0 radical (unpaired) electrons. The average molecular weight is 405 g/mol. The van der Waals surface area contributed by atoms with Gasteiger partial charge in [-0.2, -0.15) is 5.26 Å². The van der Waals surface area contributed by atoms with Gasteiger partial charge in [0.25, 0.3) is 0 Å². The molecule has 0 aliphatic carbocycles. The van der Waals surface area contributed by atoms with Gasteiger partial charge in [0.2, 0.25) is 0 Å². The smallest absolute Gasteiger partial charge is 0.399 e. The van der Waals surface area contributed by atoms with E-state index in [2.05, 4.69) is 58.0 Å². The summed E-state index contributed by atoms with van der Waals surface area (Å²) in [4.78, 5) is 0. The number of rotatable bonds is 2. The van der Waals surface area contributed by atoms with Gasteiger partial charge in [0.05, 0.1) is 22.8 Å². The first-order valence-corrected chi connectivity index (χ1v) is 10.6. The first-order chi connectivity index (χ1) is 14.8. The van der Waals surface area contributed by atoms with E-state index in [1.54, 1.807) is 0 Å². The van der Waals surface area contributed by atoms with E-state index in [-0.39, 0.29) is 0 Å². The van der Waals surface area contributed by atoms with Crippen molar-refractivity contribution in [3.8, 4) is 17.2 Å². The van der Waals surface area contributed by atoms with E-state index < -0.39 is 18.3 Å². The van der Waals surface area contributed by atoms with Gasteiger partial charge in [-0.3, -0.25) is 0 Å². The van der Waals surface area contributed by atoms with Crippen LogP contribution in [0.5, 0.6) is 0 Å². The van der Waals surface area contributed by atoms with Crippen LogP contribution in [0.4, 0.5) is 0 Å². The Hall–Kier alpha value is -3.13. The van der Waals surface area contributed by atoms with Crippen LogP contribution in [-0.4, -0.2) is 18.3 Å². The molecule has 3 nitrogen and oxygen atoms in total. The van der Waals surface area contributed by atoms with Crippen LogP contribution in [0.3, 0.4) is 0 Å². The average Bonchev–Trinajstić information content (AvgIpc) is 2.98. The molecule has 0 saturated carbocycles. The summed E-state index contributed by atoms with van der Waals surface area (Å²) in [6, 6.07) is 26.9. The second-order valence-corrected chi connectivity index (χ2v) is 9.13. The third-order valence-corrected chi connectivity index (χ3v) is 6.78. The first-order valence-electron chi connectivity index (χ1n) is 10.6. The minimum atomic E-state index is -0.472. The maximum absolute atomic E-state index is 9.78. The lowest BCUT2D eigenvalue weighted by Gasteiger charge is -2.32. The van der Waals surface area contributed by atoms with Crippen molar-refractivity contribution < 1.29 is 9.31 Å². The van der Waals surface area contributed by atoms with Gasteiger partial charge in [-0.1, -0.05) is 66.7 Å². The Morgan fingerprint density at radius 3 is 1.65 bits per heavy atom. The number of nitrogens with zero attached hydrogens (tertiary/aromatic N) is 1. The molecule has 1 aliphatic heterocycles. The van der Waals surface area contributed by atoms with Crippen LogP contribution in [0.15, 0.2) is 72.8 Å². The minimum Gasteiger partial charge on any atom is -0.399 e.